The maximum Gasteiger partial charge on any atom is 0.353 e. The van der Waals surface area contributed by atoms with Crippen LogP contribution in [0.2, 0.25) is 0 Å². The van der Waals surface area contributed by atoms with Crippen LogP contribution in [0.4, 0.5) is 0 Å². The van der Waals surface area contributed by atoms with Gasteiger partial charge in [0.1, 0.15) is 11.1 Å². The highest BCUT2D eigenvalue weighted by Gasteiger charge is 2.68. The van der Waals surface area contributed by atoms with Gasteiger partial charge in [-0.3, -0.25) is 14.5 Å². The number of hydrogen-bond donors (Lipinski definition) is 2. The van der Waals surface area contributed by atoms with Crippen molar-refractivity contribution < 1.29 is 24.2 Å². The predicted octanol–water partition coefficient (Wildman–Crippen LogP) is 2.06. The van der Waals surface area contributed by atoms with E-state index in [1.54, 1.807) is 24.3 Å². The molecule has 2 aromatic carbocycles. The number of fused-ring (bicyclic) bond motifs is 1. The van der Waals surface area contributed by atoms with E-state index in [-0.39, 0.29) is 18.0 Å². The van der Waals surface area contributed by atoms with E-state index in [0.717, 1.165) is 5.56 Å². The smallest absolute Gasteiger partial charge is 0.353 e. The fraction of sp³-hybridized carbons (Fsp3) is 0.190. The second kappa shape index (κ2) is 7.38. The Balaban J connectivity index is 1.60. The van der Waals surface area contributed by atoms with E-state index < -0.39 is 23.0 Å². The van der Waals surface area contributed by atoms with Gasteiger partial charge in [-0.2, -0.15) is 0 Å². The Morgan fingerprint density at radius 3 is 2.34 bits per heavy atom. The zero-order chi connectivity index (χ0) is 20.6. The minimum Gasteiger partial charge on any atom is -0.477 e. The Hall–Kier alpha value is -3.10. The number of carboxylic acid groups (broad SMARTS) is 1. The van der Waals surface area contributed by atoms with Crippen LogP contribution in [0.25, 0.3) is 4.91 Å². The molecule has 148 valence electrons. The first-order valence-electron chi connectivity index (χ1n) is 8.91. The molecule has 4 rings (SSSR count). The molecule has 2 heterocycles. The van der Waals surface area contributed by atoms with Gasteiger partial charge in [-0.15, -0.1) is 0 Å². The van der Waals surface area contributed by atoms with Gasteiger partial charge in [0, 0.05) is 12.0 Å². The molecule has 0 radical (unpaired) electrons. The van der Waals surface area contributed by atoms with Gasteiger partial charge in [-0.25, -0.2) is 4.79 Å². The molecule has 2 aliphatic rings. The Morgan fingerprint density at radius 1 is 1.14 bits per heavy atom. The SMILES string of the molecule is COC1(NC(=O)Cc2ccccc2)C(=O)N2C(C(=O)O)=C(c3ccccc3)S[C@H]21. The van der Waals surface area contributed by atoms with Gasteiger partial charge >= 0.3 is 5.97 Å². The van der Waals surface area contributed by atoms with Crippen molar-refractivity contribution in [3.05, 3.63) is 77.5 Å². The van der Waals surface area contributed by atoms with Crippen molar-refractivity contribution in [2.45, 2.75) is 17.5 Å². The number of hydrogen-bond acceptors (Lipinski definition) is 5. The number of rotatable bonds is 6. The number of β-lactam (4-membered cyclic amide) rings is 1. The molecule has 1 saturated heterocycles. The molecular weight excluding hydrogens is 392 g/mol. The number of nitrogens with one attached hydrogen (secondary N) is 1. The van der Waals surface area contributed by atoms with Crippen LogP contribution < -0.4 is 5.32 Å². The van der Waals surface area contributed by atoms with E-state index in [0.29, 0.717) is 10.5 Å². The molecule has 0 aliphatic carbocycles. The van der Waals surface area contributed by atoms with Crippen LogP contribution in [0, 0.1) is 0 Å². The Labute approximate surface area is 171 Å². The van der Waals surface area contributed by atoms with Crippen LogP contribution in [0.3, 0.4) is 0 Å². The summed E-state index contributed by atoms with van der Waals surface area (Å²) < 4.78 is 5.46. The molecule has 0 spiro atoms. The lowest BCUT2D eigenvalue weighted by Crippen LogP contribution is -2.78. The van der Waals surface area contributed by atoms with E-state index in [1.807, 2.05) is 36.4 Å². The lowest BCUT2D eigenvalue weighted by molar-refractivity contribution is -0.191. The summed E-state index contributed by atoms with van der Waals surface area (Å²) in [6.45, 7) is 0. The third-order valence-electron chi connectivity index (χ3n) is 4.90. The zero-order valence-electron chi connectivity index (χ0n) is 15.5. The fourth-order valence-corrected chi connectivity index (χ4v) is 5.04. The van der Waals surface area contributed by atoms with Crippen molar-refractivity contribution in [1.82, 2.24) is 10.2 Å². The number of ether oxygens (including phenoxy) is 1. The second-order valence-corrected chi connectivity index (χ2v) is 7.74. The molecule has 0 aromatic heterocycles. The maximum absolute atomic E-state index is 13.0. The quantitative estimate of drug-likeness (QED) is 0.559. The Morgan fingerprint density at radius 2 is 1.76 bits per heavy atom. The number of benzene rings is 2. The van der Waals surface area contributed by atoms with Gasteiger partial charge in [0.2, 0.25) is 5.91 Å². The monoisotopic (exact) mass is 410 g/mol. The third kappa shape index (κ3) is 3.10. The minimum atomic E-state index is -1.60. The third-order valence-corrected chi connectivity index (χ3v) is 6.33. The summed E-state index contributed by atoms with van der Waals surface area (Å²) in [6.07, 6.45) is 0.0847. The second-order valence-electron chi connectivity index (χ2n) is 6.64. The fourth-order valence-electron chi connectivity index (χ4n) is 3.52. The molecule has 2 N–H and O–H groups in total. The molecule has 2 amide bonds. The van der Waals surface area contributed by atoms with Crippen LogP contribution in [0.1, 0.15) is 11.1 Å². The number of carboxylic acids is 1. The van der Waals surface area contributed by atoms with Crippen molar-refractivity contribution in [3.8, 4) is 0 Å². The average molecular weight is 410 g/mol. The summed E-state index contributed by atoms with van der Waals surface area (Å²) in [5, 5.41) is 11.7. The van der Waals surface area contributed by atoms with E-state index in [1.165, 1.54) is 23.8 Å². The molecule has 0 saturated carbocycles. The van der Waals surface area contributed by atoms with Crippen molar-refractivity contribution >= 4 is 34.5 Å². The molecular formula is C21H18N2O5S. The molecule has 1 fully saturated rings. The largest absolute Gasteiger partial charge is 0.477 e. The first-order chi connectivity index (χ1) is 14.0. The summed E-state index contributed by atoms with van der Waals surface area (Å²) >= 11 is 1.20. The maximum atomic E-state index is 13.0. The highest BCUT2D eigenvalue weighted by atomic mass is 32.2. The molecule has 2 atom stereocenters. The molecule has 29 heavy (non-hydrogen) atoms. The normalized spacial score (nSPS) is 22.9. The number of nitrogens with zero attached hydrogens (tertiary/aromatic N) is 1. The zero-order valence-corrected chi connectivity index (χ0v) is 16.3. The van der Waals surface area contributed by atoms with Gasteiger partial charge in [-0.1, -0.05) is 72.4 Å². The number of carbonyl (C=O) groups is 3. The summed E-state index contributed by atoms with van der Waals surface area (Å²) in [5.74, 6) is -2.17. The summed E-state index contributed by atoms with van der Waals surface area (Å²) in [4.78, 5) is 39.1. The van der Waals surface area contributed by atoms with Crippen LogP contribution >= 0.6 is 11.8 Å². The predicted molar refractivity (Wildman–Crippen MR) is 107 cm³/mol. The van der Waals surface area contributed by atoms with Crippen LogP contribution in [0.15, 0.2) is 66.4 Å². The van der Waals surface area contributed by atoms with Gasteiger partial charge in [0.05, 0.1) is 6.42 Å². The molecule has 2 aliphatic heterocycles. The van der Waals surface area contributed by atoms with E-state index >= 15 is 0 Å². The number of aliphatic carboxylic acids is 1. The topological polar surface area (TPSA) is 95.9 Å². The molecule has 0 bridgehead atoms. The highest BCUT2D eigenvalue weighted by Crippen LogP contribution is 2.54. The van der Waals surface area contributed by atoms with Gasteiger partial charge < -0.3 is 15.2 Å². The van der Waals surface area contributed by atoms with Gasteiger partial charge in [-0.05, 0) is 11.1 Å². The molecule has 7 nitrogen and oxygen atoms in total. The Bertz CT molecular complexity index is 1010. The lowest BCUT2D eigenvalue weighted by Gasteiger charge is -2.50. The van der Waals surface area contributed by atoms with Crippen LogP contribution in [0.5, 0.6) is 0 Å². The van der Waals surface area contributed by atoms with E-state index in [4.69, 9.17) is 4.74 Å². The van der Waals surface area contributed by atoms with Crippen molar-refractivity contribution in [1.29, 1.82) is 0 Å². The minimum absolute atomic E-state index is 0.0847. The van der Waals surface area contributed by atoms with E-state index in [2.05, 4.69) is 5.32 Å². The first-order valence-corrected chi connectivity index (χ1v) is 9.79. The van der Waals surface area contributed by atoms with Gasteiger partial charge in [0.25, 0.3) is 11.6 Å². The number of amides is 2. The van der Waals surface area contributed by atoms with Crippen molar-refractivity contribution in [2.24, 2.45) is 0 Å². The summed E-state index contributed by atoms with van der Waals surface area (Å²) in [5.41, 5.74) is -0.208. The molecule has 1 unspecified atom stereocenters. The first kappa shape index (κ1) is 19.2. The van der Waals surface area contributed by atoms with Crippen molar-refractivity contribution in [2.75, 3.05) is 7.11 Å². The summed E-state index contributed by atoms with van der Waals surface area (Å²) in [7, 11) is 1.33. The van der Waals surface area contributed by atoms with Gasteiger partial charge in [0.15, 0.2) is 0 Å². The number of carbonyl (C=O) groups excluding carboxylic acids is 2. The number of methoxy groups -OCH3 is 1. The average Bonchev–Trinajstić information content (AvgIpc) is 3.11. The van der Waals surface area contributed by atoms with Crippen LogP contribution in [-0.4, -0.2) is 46.0 Å². The highest BCUT2D eigenvalue weighted by molar-refractivity contribution is 8.09. The number of thioether (sulfide) groups is 1. The van der Waals surface area contributed by atoms with Crippen molar-refractivity contribution in [3.63, 3.8) is 0 Å². The van der Waals surface area contributed by atoms with E-state index in [9.17, 15) is 19.5 Å². The lowest BCUT2D eigenvalue weighted by atomic mass is 9.99. The Kier molecular flexibility index (Phi) is 4.89. The van der Waals surface area contributed by atoms with Crippen LogP contribution in [-0.2, 0) is 25.5 Å². The summed E-state index contributed by atoms with van der Waals surface area (Å²) in [6, 6.07) is 18.1. The molecule has 8 heteroatoms. The standard InChI is InChI=1S/C21H18N2O5S/c1-28-21(22-15(24)12-13-8-4-2-5-9-13)19(27)23-16(18(25)26)17(29-20(21)23)14-10-6-3-7-11-14/h2-11,20H,12H2,1H3,(H,22,24)(H,25,26)/t20-,21?/m0/s1. The molecule has 2 aromatic rings.